The van der Waals surface area contributed by atoms with Crippen molar-refractivity contribution in [1.29, 1.82) is 0 Å². The molecule has 3 aromatic carbocycles. The molecule has 27 heavy (non-hydrogen) atoms. The molecule has 2 nitrogen and oxygen atoms in total. The summed E-state index contributed by atoms with van der Waals surface area (Å²) < 4.78 is 42.5. The number of hydrogen-bond acceptors (Lipinski definition) is 2. The van der Waals surface area contributed by atoms with Gasteiger partial charge in [0, 0.05) is 31.2 Å². The van der Waals surface area contributed by atoms with Crippen LogP contribution in [0.4, 0.5) is 8.78 Å². The van der Waals surface area contributed by atoms with Crippen LogP contribution >= 0.6 is 31.9 Å². The van der Waals surface area contributed by atoms with E-state index in [9.17, 15) is 8.78 Å². The van der Waals surface area contributed by atoms with E-state index in [1.54, 1.807) is 36.4 Å². The third-order valence-electron chi connectivity index (χ3n) is 4.05. The summed E-state index contributed by atoms with van der Waals surface area (Å²) in [5.41, 5.74) is 1.14. The molecule has 0 spiro atoms. The summed E-state index contributed by atoms with van der Waals surface area (Å²) in [7, 11) is 1.49. The molecule has 0 bridgehead atoms. The molecular weight excluding hydrogens is 482 g/mol. The molecule has 0 N–H and O–H groups in total. The second kappa shape index (κ2) is 8.40. The van der Waals surface area contributed by atoms with Crippen LogP contribution in [-0.2, 0) is 0 Å². The number of ether oxygens (including phenoxy) is 2. The highest BCUT2D eigenvalue weighted by Gasteiger charge is 2.23. The molecular formula is C21H16Br2F2O2. The van der Waals surface area contributed by atoms with Gasteiger partial charge in [-0.15, -0.1) is 0 Å². The van der Waals surface area contributed by atoms with E-state index in [4.69, 9.17) is 9.47 Å². The highest BCUT2D eigenvalue weighted by Crippen LogP contribution is 2.45. The van der Waals surface area contributed by atoms with Gasteiger partial charge in [-0.3, -0.25) is 0 Å². The minimum Gasteiger partial charge on any atom is -0.496 e. The SMILES string of the molecule is CCOc1ccc(Br)cc1-c1c(F)ccc(F)c1-c1cc(Br)ccc1OC. The maximum absolute atomic E-state index is 15.0. The fraction of sp³-hybridized carbons (Fsp3) is 0.143. The molecule has 140 valence electrons. The number of methoxy groups -OCH3 is 1. The maximum Gasteiger partial charge on any atom is 0.132 e. The normalized spacial score (nSPS) is 10.7. The zero-order valence-electron chi connectivity index (χ0n) is 14.7. The first-order valence-electron chi connectivity index (χ1n) is 8.20. The van der Waals surface area contributed by atoms with E-state index in [2.05, 4.69) is 31.9 Å². The van der Waals surface area contributed by atoms with Crippen molar-refractivity contribution in [3.8, 4) is 33.8 Å². The van der Waals surface area contributed by atoms with Crippen LogP contribution in [0.5, 0.6) is 11.5 Å². The standard InChI is InChI=1S/C21H16Br2F2O2/c1-3-27-19-9-5-13(23)11-15(19)21-17(25)7-6-16(24)20(21)14-10-12(22)4-8-18(14)26-2/h4-11H,3H2,1-2H3. The number of hydrogen-bond donors (Lipinski definition) is 0. The van der Waals surface area contributed by atoms with Crippen molar-refractivity contribution < 1.29 is 18.3 Å². The van der Waals surface area contributed by atoms with Gasteiger partial charge in [-0.1, -0.05) is 31.9 Å². The van der Waals surface area contributed by atoms with Crippen molar-refractivity contribution in [3.63, 3.8) is 0 Å². The Balaban J connectivity index is 2.39. The molecule has 0 aromatic heterocycles. The zero-order chi connectivity index (χ0) is 19.6. The summed E-state index contributed by atoms with van der Waals surface area (Å²) in [5.74, 6) is -0.185. The fourth-order valence-corrected chi connectivity index (χ4v) is 3.66. The van der Waals surface area contributed by atoms with Gasteiger partial charge >= 0.3 is 0 Å². The maximum atomic E-state index is 15.0. The van der Waals surface area contributed by atoms with Crippen LogP contribution in [0.15, 0.2) is 57.5 Å². The molecule has 0 saturated heterocycles. The number of halogens is 4. The highest BCUT2D eigenvalue weighted by molar-refractivity contribution is 9.10. The minimum absolute atomic E-state index is 0.118. The van der Waals surface area contributed by atoms with Crippen LogP contribution in [0.2, 0.25) is 0 Å². The first-order valence-corrected chi connectivity index (χ1v) is 9.79. The molecule has 0 amide bonds. The second-order valence-corrected chi connectivity index (χ2v) is 7.53. The summed E-state index contributed by atoms with van der Waals surface area (Å²) in [4.78, 5) is 0. The van der Waals surface area contributed by atoms with E-state index in [0.29, 0.717) is 29.2 Å². The Hall–Kier alpha value is -1.92. The Bertz CT molecular complexity index is 990. The lowest BCUT2D eigenvalue weighted by molar-refractivity contribution is 0.341. The van der Waals surface area contributed by atoms with Crippen LogP contribution < -0.4 is 9.47 Å². The Labute approximate surface area is 173 Å². The predicted octanol–water partition coefficient (Wildman–Crippen LogP) is 7.23. The van der Waals surface area contributed by atoms with Gasteiger partial charge in [0.2, 0.25) is 0 Å². The Kier molecular flexibility index (Phi) is 6.17. The lowest BCUT2D eigenvalue weighted by Gasteiger charge is -2.18. The van der Waals surface area contributed by atoms with E-state index in [-0.39, 0.29) is 11.1 Å². The molecule has 6 heteroatoms. The van der Waals surface area contributed by atoms with Gasteiger partial charge in [0.05, 0.1) is 13.7 Å². The van der Waals surface area contributed by atoms with E-state index >= 15 is 0 Å². The second-order valence-electron chi connectivity index (χ2n) is 5.70. The van der Waals surface area contributed by atoms with Crippen molar-refractivity contribution >= 4 is 31.9 Å². The molecule has 0 saturated carbocycles. The van der Waals surface area contributed by atoms with Gasteiger partial charge in [-0.25, -0.2) is 8.78 Å². The largest absolute Gasteiger partial charge is 0.496 e. The van der Waals surface area contributed by atoms with Crippen LogP contribution in [0.3, 0.4) is 0 Å². The fourth-order valence-electron chi connectivity index (χ4n) is 2.93. The molecule has 0 aliphatic heterocycles. The lowest BCUT2D eigenvalue weighted by Crippen LogP contribution is -2.00. The summed E-state index contributed by atoms with van der Waals surface area (Å²) in [6, 6.07) is 12.7. The Morgan fingerprint density at radius 2 is 1.26 bits per heavy atom. The minimum atomic E-state index is -0.551. The lowest BCUT2D eigenvalue weighted by atomic mass is 9.92. The molecule has 0 unspecified atom stereocenters. The van der Waals surface area contributed by atoms with Crippen molar-refractivity contribution in [2.75, 3.05) is 13.7 Å². The third kappa shape index (κ3) is 4.01. The molecule has 0 atom stereocenters. The third-order valence-corrected chi connectivity index (χ3v) is 5.03. The summed E-state index contributed by atoms with van der Waals surface area (Å²) in [5, 5.41) is 0. The molecule has 3 aromatic rings. The topological polar surface area (TPSA) is 18.5 Å². The van der Waals surface area contributed by atoms with Crippen LogP contribution in [0.25, 0.3) is 22.3 Å². The molecule has 0 fully saturated rings. The van der Waals surface area contributed by atoms with Crippen molar-refractivity contribution in [2.24, 2.45) is 0 Å². The van der Waals surface area contributed by atoms with E-state index in [1.165, 1.54) is 7.11 Å². The van der Waals surface area contributed by atoms with Gasteiger partial charge in [-0.05, 0) is 55.5 Å². The predicted molar refractivity (Wildman–Crippen MR) is 110 cm³/mol. The first-order chi connectivity index (χ1) is 13.0. The highest BCUT2D eigenvalue weighted by atomic mass is 79.9. The summed E-state index contributed by atoms with van der Waals surface area (Å²) in [6.45, 7) is 2.24. The smallest absolute Gasteiger partial charge is 0.132 e. The first kappa shape index (κ1) is 19.8. The van der Waals surface area contributed by atoms with Crippen LogP contribution in [-0.4, -0.2) is 13.7 Å². The zero-order valence-corrected chi connectivity index (χ0v) is 17.8. The average molecular weight is 498 g/mol. The van der Waals surface area contributed by atoms with E-state index in [0.717, 1.165) is 21.1 Å². The monoisotopic (exact) mass is 496 g/mol. The molecule has 0 aliphatic rings. The van der Waals surface area contributed by atoms with Gasteiger partial charge in [0.1, 0.15) is 23.1 Å². The van der Waals surface area contributed by atoms with Crippen molar-refractivity contribution in [2.45, 2.75) is 6.92 Å². The van der Waals surface area contributed by atoms with Crippen LogP contribution in [0.1, 0.15) is 6.92 Å². The molecule has 0 radical (unpaired) electrons. The van der Waals surface area contributed by atoms with Crippen molar-refractivity contribution in [3.05, 3.63) is 69.1 Å². The molecule has 3 rings (SSSR count). The molecule has 0 aliphatic carbocycles. The van der Waals surface area contributed by atoms with Gasteiger partial charge in [0.15, 0.2) is 0 Å². The Morgan fingerprint density at radius 1 is 0.778 bits per heavy atom. The number of rotatable bonds is 5. The van der Waals surface area contributed by atoms with Crippen LogP contribution in [0, 0.1) is 11.6 Å². The van der Waals surface area contributed by atoms with E-state index < -0.39 is 11.6 Å². The Morgan fingerprint density at radius 3 is 1.74 bits per heavy atom. The van der Waals surface area contributed by atoms with E-state index in [1.807, 2.05) is 6.92 Å². The number of benzene rings is 3. The quantitative estimate of drug-likeness (QED) is 0.370. The summed E-state index contributed by atoms with van der Waals surface area (Å²) in [6.07, 6.45) is 0. The van der Waals surface area contributed by atoms with Gasteiger partial charge < -0.3 is 9.47 Å². The summed E-state index contributed by atoms with van der Waals surface area (Å²) >= 11 is 6.80. The molecule has 0 heterocycles. The van der Waals surface area contributed by atoms with Crippen molar-refractivity contribution in [1.82, 2.24) is 0 Å². The average Bonchev–Trinajstić information content (AvgIpc) is 2.65. The van der Waals surface area contributed by atoms with Gasteiger partial charge in [-0.2, -0.15) is 0 Å². The van der Waals surface area contributed by atoms with Gasteiger partial charge in [0.25, 0.3) is 0 Å².